The molecule has 0 aliphatic carbocycles. The molecule has 4 nitrogen and oxygen atoms in total. The van der Waals surface area contributed by atoms with Crippen molar-refractivity contribution in [1.82, 2.24) is 0 Å². The number of nitrogen functional groups attached to an aromatic ring is 1. The zero-order chi connectivity index (χ0) is 14.8. The lowest BCUT2D eigenvalue weighted by Gasteiger charge is -2.08. The predicted octanol–water partition coefficient (Wildman–Crippen LogP) is 2.39. The molecule has 0 heterocycles. The Hall–Kier alpha value is -2.08. The van der Waals surface area contributed by atoms with Gasteiger partial charge in [-0.05, 0) is 35.9 Å². The van der Waals surface area contributed by atoms with Gasteiger partial charge in [0.15, 0.2) is 9.84 Å². The topological polar surface area (TPSA) is 69.4 Å². The Balaban J connectivity index is 2.31. The second-order valence-corrected chi connectivity index (χ2v) is 6.28. The van der Waals surface area contributed by atoms with Gasteiger partial charge in [0.25, 0.3) is 0 Å². The van der Waals surface area contributed by atoms with E-state index < -0.39 is 15.7 Å². The first-order valence-electron chi connectivity index (χ1n) is 5.83. The van der Waals surface area contributed by atoms with Crippen molar-refractivity contribution in [3.05, 3.63) is 53.8 Å². The van der Waals surface area contributed by atoms with E-state index in [4.69, 9.17) is 10.5 Å². The minimum absolute atomic E-state index is 0.0492. The predicted molar refractivity (Wildman–Crippen MR) is 74.7 cm³/mol. The second-order valence-electron chi connectivity index (χ2n) is 4.29. The number of hydrogen-bond acceptors (Lipinski definition) is 4. The van der Waals surface area contributed by atoms with Crippen LogP contribution in [-0.2, 0) is 15.6 Å². The van der Waals surface area contributed by atoms with Crippen LogP contribution in [0.3, 0.4) is 0 Å². The third-order valence-electron chi connectivity index (χ3n) is 2.81. The Bertz CT molecular complexity index is 729. The molecule has 0 aliphatic heterocycles. The van der Waals surface area contributed by atoms with Gasteiger partial charge >= 0.3 is 0 Å². The van der Waals surface area contributed by atoms with Gasteiger partial charge in [-0.2, -0.15) is 0 Å². The Morgan fingerprint density at radius 1 is 1.20 bits per heavy atom. The van der Waals surface area contributed by atoms with Gasteiger partial charge in [-0.3, -0.25) is 0 Å². The Morgan fingerprint density at radius 3 is 2.55 bits per heavy atom. The summed E-state index contributed by atoms with van der Waals surface area (Å²) in [5.74, 6) is -0.345. The fourth-order valence-corrected chi connectivity index (χ4v) is 3.20. The lowest BCUT2D eigenvalue weighted by molar-refractivity contribution is 0.417. The zero-order valence-electron chi connectivity index (χ0n) is 10.8. The van der Waals surface area contributed by atoms with Crippen molar-refractivity contribution in [2.45, 2.75) is 10.6 Å². The number of halogens is 1. The molecule has 106 valence electrons. The van der Waals surface area contributed by atoms with Crippen molar-refractivity contribution in [1.29, 1.82) is 0 Å². The van der Waals surface area contributed by atoms with E-state index in [1.807, 2.05) is 0 Å². The lowest BCUT2D eigenvalue weighted by atomic mass is 10.2. The Labute approximate surface area is 116 Å². The van der Waals surface area contributed by atoms with Crippen molar-refractivity contribution in [2.75, 3.05) is 12.8 Å². The first-order valence-corrected chi connectivity index (χ1v) is 7.48. The van der Waals surface area contributed by atoms with E-state index in [-0.39, 0.29) is 10.6 Å². The van der Waals surface area contributed by atoms with Crippen LogP contribution in [0.15, 0.2) is 47.4 Å². The fraction of sp³-hybridized carbons (Fsp3) is 0.143. The molecular formula is C14H14FNO3S. The molecule has 20 heavy (non-hydrogen) atoms. The average Bonchev–Trinajstić information content (AvgIpc) is 2.38. The van der Waals surface area contributed by atoms with E-state index in [0.717, 1.165) is 6.07 Å². The van der Waals surface area contributed by atoms with Crippen LogP contribution in [0, 0.1) is 5.82 Å². The van der Waals surface area contributed by atoms with E-state index in [1.165, 1.54) is 31.4 Å². The van der Waals surface area contributed by atoms with Crippen molar-refractivity contribution in [3.8, 4) is 5.75 Å². The van der Waals surface area contributed by atoms with E-state index in [2.05, 4.69) is 0 Å². The molecule has 2 aromatic rings. The summed E-state index contributed by atoms with van der Waals surface area (Å²) in [5, 5.41) is 0. The Kier molecular flexibility index (Phi) is 3.94. The normalized spacial score (nSPS) is 11.3. The van der Waals surface area contributed by atoms with Crippen molar-refractivity contribution >= 4 is 15.5 Å². The van der Waals surface area contributed by atoms with Crippen LogP contribution in [0.5, 0.6) is 5.75 Å². The van der Waals surface area contributed by atoms with E-state index >= 15 is 0 Å². The molecule has 6 heteroatoms. The van der Waals surface area contributed by atoms with Crippen LogP contribution in [-0.4, -0.2) is 15.5 Å². The summed E-state index contributed by atoms with van der Waals surface area (Å²) in [7, 11) is -2.13. The van der Waals surface area contributed by atoms with Crippen LogP contribution < -0.4 is 10.5 Å². The molecule has 0 unspecified atom stereocenters. The highest BCUT2D eigenvalue weighted by molar-refractivity contribution is 7.90. The van der Waals surface area contributed by atoms with Gasteiger partial charge < -0.3 is 10.5 Å². The molecule has 2 N–H and O–H groups in total. The molecule has 0 amide bonds. The average molecular weight is 295 g/mol. The van der Waals surface area contributed by atoms with Crippen LogP contribution in [0.2, 0.25) is 0 Å². The maximum absolute atomic E-state index is 13.1. The van der Waals surface area contributed by atoms with Gasteiger partial charge in [-0.15, -0.1) is 0 Å². The van der Waals surface area contributed by atoms with Crippen molar-refractivity contribution in [3.63, 3.8) is 0 Å². The van der Waals surface area contributed by atoms with Gasteiger partial charge in [0.2, 0.25) is 0 Å². The summed E-state index contributed by atoms with van der Waals surface area (Å²) in [6, 6.07) is 9.69. The van der Waals surface area contributed by atoms with Gasteiger partial charge in [0.1, 0.15) is 11.6 Å². The molecule has 0 bridgehead atoms. The summed E-state index contributed by atoms with van der Waals surface area (Å²) in [6.07, 6.45) is 0. The first-order chi connectivity index (χ1) is 9.42. The van der Waals surface area contributed by atoms with Crippen LogP contribution in [0.4, 0.5) is 10.1 Å². The summed E-state index contributed by atoms with van der Waals surface area (Å²) < 4.78 is 42.5. The molecule has 0 radical (unpaired) electrons. The summed E-state index contributed by atoms with van der Waals surface area (Å²) in [6.45, 7) is 0. The van der Waals surface area contributed by atoms with Crippen molar-refractivity contribution < 1.29 is 17.5 Å². The fourth-order valence-electron chi connectivity index (χ4n) is 1.84. The monoisotopic (exact) mass is 295 g/mol. The number of ether oxygens (including phenoxy) is 1. The zero-order valence-corrected chi connectivity index (χ0v) is 11.7. The summed E-state index contributed by atoms with van der Waals surface area (Å²) in [4.78, 5) is -0.0492. The van der Waals surface area contributed by atoms with Crippen molar-refractivity contribution in [2.24, 2.45) is 0 Å². The molecule has 0 aromatic heterocycles. The van der Waals surface area contributed by atoms with Gasteiger partial charge in [-0.25, -0.2) is 12.8 Å². The minimum atomic E-state index is -3.61. The molecule has 2 rings (SSSR count). The minimum Gasteiger partial charge on any atom is -0.495 e. The van der Waals surface area contributed by atoms with Gasteiger partial charge in [0, 0.05) is 0 Å². The van der Waals surface area contributed by atoms with Crippen LogP contribution in [0.1, 0.15) is 5.56 Å². The third kappa shape index (κ3) is 3.08. The second kappa shape index (κ2) is 5.50. The van der Waals surface area contributed by atoms with E-state index in [9.17, 15) is 12.8 Å². The van der Waals surface area contributed by atoms with Crippen LogP contribution >= 0.6 is 0 Å². The molecule has 0 aliphatic rings. The number of hydrogen-bond donors (Lipinski definition) is 1. The third-order valence-corrected chi connectivity index (χ3v) is 4.49. The molecule has 0 atom stereocenters. The molecule has 2 aromatic carbocycles. The highest BCUT2D eigenvalue weighted by atomic mass is 32.2. The Morgan fingerprint density at radius 2 is 1.95 bits per heavy atom. The smallest absolute Gasteiger partial charge is 0.182 e. The first kappa shape index (κ1) is 14.3. The summed E-state index contributed by atoms with van der Waals surface area (Å²) >= 11 is 0. The maximum atomic E-state index is 13.1. The lowest BCUT2D eigenvalue weighted by Crippen LogP contribution is -2.06. The molecule has 0 saturated heterocycles. The number of methoxy groups -OCH3 is 1. The highest BCUT2D eigenvalue weighted by Gasteiger charge is 2.16. The quantitative estimate of drug-likeness (QED) is 0.879. The van der Waals surface area contributed by atoms with Gasteiger partial charge in [0.05, 0.1) is 23.4 Å². The number of nitrogens with two attached hydrogens (primary N) is 1. The molecule has 0 fully saturated rings. The SMILES string of the molecule is COc1ccc(CS(=O)(=O)c2cccc(F)c2)cc1N. The largest absolute Gasteiger partial charge is 0.495 e. The molecule has 0 spiro atoms. The van der Waals surface area contributed by atoms with Gasteiger partial charge in [-0.1, -0.05) is 12.1 Å². The highest BCUT2D eigenvalue weighted by Crippen LogP contribution is 2.24. The number of benzene rings is 2. The van der Waals surface area contributed by atoms with E-state index in [0.29, 0.717) is 17.0 Å². The molecular weight excluding hydrogens is 281 g/mol. The number of anilines is 1. The van der Waals surface area contributed by atoms with Crippen LogP contribution in [0.25, 0.3) is 0 Å². The van der Waals surface area contributed by atoms with E-state index in [1.54, 1.807) is 12.1 Å². The number of rotatable bonds is 4. The summed E-state index contributed by atoms with van der Waals surface area (Å²) in [5.41, 5.74) is 6.62. The molecule has 0 saturated carbocycles. The standard InChI is InChI=1S/C14H14FNO3S/c1-19-14-6-5-10(7-13(14)16)9-20(17,18)12-4-2-3-11(15)8-12/h2-8H,9,16H2,1H3. The maximum Gasteiger partial charge on any atom is 0.182 e. The number of sulfone groups is 1.